The normalized spacial score (nSPS) is 23.2. The number of rotatable bonds is 3. The number of hydrogen-bond donors (Lipinski definition) is 0. The summed E-state index contributed by atoms with van der Waals surface area (Å²) in [6.45, 7) is 4.70. The number of piperazine rings is 1. The fraction of sp³-hybridized carbons (Fsp3) is 0.435. The number of nitro groups is 1. The second kappa shape index (κ2) is 8.19. The van der Waals surface area contributed by atoms with Gasteiger partial charge in [0, 0.05) is 56.2 Å². The lowest BCUT2D eigenvalue weighted by Gasteiger charge is -2.50. The van der Waals surface area contributed by atoms with Crippen LogP contribution in [-0.2, 0) is 16.0 Å². The molecule has 0 radical (unpaired) electrons. The van der Waals surface area contributed by atoms with Crippen LogP contribution in [0.15, 0.2) is 48.5 Å². The van der Waals surface area contributed by atoms with Crippen LogP contribution in [0.1, 0.15) is 5.56 Å². The second-order valence-corrected chi connectivity index (χ2v) is 8.36. The molecule has 2 atom stereocenters. The van der Waals surface area contributed by atoms with Gasteiger partial charge in [-0.15, -0.1) is 0 Å². The summed E-state index contributed by atoms with van der Waals surface area (Å²) in [5.74, 6) is -0.107. The highest BCUT2D eigenvalue weighted by molar-refractivity contribution is 5.83. The standard InChI is InChI=1S/C23H26N4O4/c28-23(24-10-12-31-13-11-24)20-15-17-14-19(27(29)30)6-7-21(17)26-9-8-25(16-22(20)26)18-4-2-1-3-5-18/h1-7,14,20,22H,8-13,15-16H2/t20-,22+/m1/s1. The molecule has 0 spiro atoms. The monoisotopic (exact) mass is 422 g/mol. The van der Waals surface area contributed by atoms with Crippen molar-refractivity contribution in [1.82, 2.24) is 4.90 Å². The van der Waals surface area contributed by atoms with Crippen LogP contribution in [0.3, 0.4) is 0 Å². The van der Waals surface area contributed by atoms with E-state index in [2.05, 4.69) is 21.9 Å². The Labute approximate surface area is 181 Å². The summed E-state index contributed by atoms with van der Waals surface area (Å²) < 4.78 is 5.43. The van der Waals surface area contributed by atoms with Gasteiger partial charge in [0.15, 0.2) is 0 Å². The van der Waals surface area contributed by atoms with E-state index in [4.69, 9.17) is 4.74 Å². The molecule has 2 saturated heterocycles. The Kier molecular flexibility index (Phi) is 5.23. The van der Waals surface area contributed by atoms with E-state index in [9.17, 15) is 14.9 Å². The van der Waals surface area contributed by atoms with Crippen LogP contribution in [0.2, 0.25) is 0 Å². The smallest absolute Gasteiger partial charge is 0.269 e. The fourth-order valence-electron chi connectivity index (χ4n) is 5.10. The van der Waals surface area contributed by atoms with Crippen molar-refractivity contribution < 1.29 is 14.5 Å². The van der Waals surface area contributed by atoms with Crippen molar-refractivity contribution in [1.29, 1.82) is 0 Å². The van der Waals surface area contributed by atoms with Crippen LogP contribution in [-0.4, -0.2) is 67.7 Å². The molecule has 8 heteroatoms. The Bertz CT molecular complexity index is 977. The minimum atomic E-state index is -0.363. The number of fused-ring (bicyclic) bond motifs is 3. The van der Waals surface area contributed by atoms with Crippen LogP contribution in [0.4, 0.5) is 17.1 Å². The van der Waals surface area contributed by atoms with Gasteiger partial charge in [-0.05, 0) is 30.2 Å². The molecule has 0 N–H and O–H groups in total. The van der Waals surface area contributed by atoms with Crippen LogP contribution in [0.5, 0.6) is 0 Å². The number of benzene rings is 2. The number of nitrogens with zero attached hydrogens (tertiary/aromatic N) is 4. The number of carbonyl (C=O) groups excluding carboxylic acids is 1. The third-order valence-electron chi connectivity index (χ3n) is 6.67. The second-order valence-electron chi connectivity index (χ2n) is 8.36. The minimum absolute atomic E-state index is 0.0262. The van der Waals surface area contributed by atoms with Crippen LogP contribution >= 0.6 is 0 Å². The van der Waals surface area contributed by atoms with Crippen LogP contribution in [0, 0.1) is 16.0 Å². The molecule has 3 heterocycles. The first kappa shape index (κ1) is 19.8. The van der Waals surface area contributed by atoms with E-state index in [0.29, 0.717) is 32.7 Å². The largest absolute Gasteiger partial charge is 0.378 e. The Balaban J connectivity index is 1.49. The Hall–Kier alpha value is -3.13. The summed E-state index contributed by atoms with van der Waals surface area (Å²) in [6.07, 6.45) is 0.525. The molecule has 3 aliphatic rings. The molecule has 31 heavy (non-hydrogen) atoms. The summed E-state index contributed by atoms with van der Waals surface area (Å²) in [4.78, 5) is 31.1. The van der Waals surface area contributed by atoms with Gasteiger partial charge < -0.3 is 19.4 Å². The Morgan fingerprint density at radius 3 is 2.55 bits per heavy atom. The Morgan fingerprint density at radius 2 is 1.81 bits per heavy atom. The van der Waals surface area contributed by atoms with Gasteiger partial charge in [-0.2, -0.15) is 0 Å². The van der Waals surface area contributed by atoms with Crippen molar-refractivity contribution in [3.8, 4) is 0 Å². The van der Waals surface area contributed by atoms with E-state index >= 15 is 0 Å². The molecule has 8 nitrogen and oxygen atoms in total. The number of anilines is 2. The average Bonchev–Trinajstić information content (AvgIpc) is 2.83. The van der Waals surface area contributed by atoms with Crippen LogP contribution in [0.25, 0.3) is 0 Å². The molecule has 3 aliphatic heterocycles. The lowest BCUT2D eigenvalue weighted by atomic mass is 9.82. The van der Waals surface area contributed by atoms with Gasteiger partial charge >= 0.3 is 0 Å². The van der Waals surface area contributed by atoms with Crippen molar-refractivity contribution in [3.05, 3.63) is 64.2 Å². The van der Waals surface area contributed by atoms with Crippen molar-refractivity contribution >= 4 is 23.0 Å². The van der Waals surface area contributed by atoms with Gasteiger partial charge in [-0.25, -0.2) is 0 Å². The minimum Gasteiger partial charge on any atom is -0.378 e. The fourth-order valence-corrected chi connectivity index (χ4v) is 5.10. The maximum atomic E-state index is 13.6. The van der Waals surface area contributed by atoms with Gasteiger partial charge in [0.25, 0.3) is 5.69 Å². The predicted molar refractivity (Wildman–Crippen MR) is 117 cm³/mol. The maximum Gasteiger partial charge on any atom is 0.269 e. The summed E-state index contributed by atoms with van der Waals surface area (Å²) in [5, 5.41) is 11.3. The molecular weight excluding hydrogens is 396 g/mol. The third kappa shape index (κ3) is 3.72. The van der Waals surface area contributed by atoms with E-state index in [0.717, 1.165) is 36.6 Å². The molecule has 0 bridgehead atoms. The quantitative estimate of drug-likeness (QED) is 0.558. The molecule has 2 aromatic rings. The molecule has 0 unspecified atom stereocenters. The van der Waals surface area contributed by atoms with Gasteiger partial charge in [-0.3, -0.25) is 14.9 Å². The number of hydrogen-bond acceptors (Lipinski definition) is 6. The molecule has 2 aromatic carbocycles. The van der Waals surface area contributed by atoms with Gasteiger partial charge in [0.05, 0.1) is 30.1 Å². The summed E-state index contributed by atoms with van der Waals surface area (Å²) in [7, 11) is 0. The Morgan fingerprint density at radius 1 is 1.03 bits per heavy atom. The average molecular weight is 422 g/mol. The van der Waals surface area contributed by atoms with E-state index < -0.39 is 0 Å². The topological polar surface area (TPSA) is 79.2 Å². The molecule has 162 valence electrons. The van der Waals surface area contributed by atoms with E-state index in [1.807, 2.05) is 29.2 Å². The highest BCUT2D eigenvalue weighted by Crippen LogP contribution is 2.39. The van der Waals surface area contributed by atoms with Crippen molar-refractivity contribution in [2.45, 2.75) is 12.5 Å². The molecule has 0 aromatic heterocycles. The SMILES string of the molecule is O=C([C@@H]1Cc2cc([N+](=O)[O-])ccc2N2CCN(c3ccccc3)C[C@@H]12)N1CCOCC1. The maximum absolute atomic E-state index is 13.6. The highest BCUT2D eigenvalue weighted by Gasteiger charge is 2.43. The van der Waals surface area contributed by atoms with E-state index in [1.165, 1.54) is 0 Å². The number of para-hydroxylation sites is 1. The number of carbonyl (C=O) groups is 1. The zero-order chi connectivity index (χ0) is 21.4. The van der Waals surface area contributed by atoms with Gasteiger partial charge in [-0.1, -0.05) is 18.2 Å². The predicted octanol–water partition coefficient (Wildman–Crippen LogP) is 2.32. The number of morpholine rings is 1. The zero-order valence-electron chi connectivity index (χ0n) is 17.4. The van der Waals surface area contributed by atoms with Crippen molar-refractivity contribution in [2.24, 2.45) is 5.92 Å². The number of non-ortho nitro benzene ring substituents is 1. The summed E-state index contributed by atoms with van der Waals surface area (Å²) >= 11 is 0. The number of ether oxygens (including phenoxy) is 1. The molecule has 0 saturated carbocycles. The number of amides is 1. The summed E-state index contributed by atoms with van der Waals surface area (Å²) in [6, 6.07) is 15.4. The van der Waals surface area contributed by atoms with Gasteiger partial charge in [0.2, 0.25) is 5.91 Å². The molecule has 5 rings (SSSR count). The molecule has 0 aliphatic carbocycles. The van der Waals surface area contributed by atoms with Crippen molar-refractivity contribution in [3.63, 3.8) is 0 Å². The molecular formula is C23H26N4O4. The van der Waals surface area contributed by atoms with E-state index in [1.54, 1.807) is 12.1 Å². The third-order valence-corrected chi connectivity index (χ3v) is 6.67. The van der Waals surface area contributed by atoms with E-state index in [-0.39, 0.29) is 28.5 Å². The number of nitro benzene ring substituents is 1. The molecule has 2 fully saturated rings. The van der Waals surface area contributed by atoms with Crippen molar-refractivity contribution in [2.75, 3.05) is 55.7 Å². The highest BCUT2D eigenvalue weighted by atomic mass is 16.6. The first-order valence-corrected chi connectivity index (χ1v) is 10.8. The summed E-state index contributed by atoms with van der Waals surface area (Å²) in [5.41, 5.74) is 3.16. The van der Waals surface area contributed by atoms with Gasteiger partial charge in [0.1, 0.15) is 0 Å². The first-order valence-electron chi connectivity index (χ1n) is 10.8. The van der Waals surface area contributed by atoms with Crippen LogP contribution < -0.4 is 9.80 Å². The lowest BCUT2D eigenvalue weighted by molar-refractivity contribution is -0.384. The lowest BCUT2D eigenvalue weighted by Crippen LogP contribution is -2.62. The molecule has 1 amide bonds. The zero-order valence-corrected chi connectivity index (χ0v) is 17.4. The first-order chi connectivity index (χ1) is 15.1.